The lowest BCUT2D eigenvalue weighted by Crippen LogP contribution is -2.62. The van der Waals surface area contributed by atoms with Gasteiger partial charge in [-0.1, -0.05) is 0 Å². The predicted molar refractivity (Wildman–Crippen MR) is 56.2 cm³/mol. The van der Waals surface area contributed by atoms with Crippen LogP contribution in [0.15, 0.2) is 0 Å². The maximum atomic E-state index is 11.5. The van der Waals surface area contributed by atoms with Crippen molar-refractivity contribution in [3.63, 3.8) is 0 Å². The summed E-state index contributed by atoms with van der Waals surface area (Å²) in [5, 5.41) is 4.85. The van der Waals surface area contributed by atoms with E-state index in [0.717, 1.165) is 0 Å². The van der Waals surface area contributed by atoms with Crippen molar-refractivity contribution in [3.8, 4) is 0 Å². The van der Waals surface area contributed by atoms with E-state index in [0.29, 0.717) is 13.1 Å². The largest absolute Gasteiger partial charge is 0.360 e. The van der Waals surface area contributed by atoms with Crippen LogP contribution >= 0.6 is 0 Å². The number of amides is 3. The van der Waals surface area contributed by atoms with E-state index in [4.69, 9.17) is 4.55 Å². The Kier molecular flexibility index (Phi) is 3.38. The van der Waals surface area contributed by atoms with Gasteiger partial charge < -0.3 is 15.5 Å². The van der Waals surface area contributed by atoms with Gasteiger partial charge in [-0.15, -0.1) is 0 Å². The number of hydroxylamine groups is 1. The van der Waals surface area contributed by atoms with E-state index in [9.17, 15) is 18.0 Å². The first kappa shape index (κ1) is 13.0. The summed E-state index contributed by atoms with van der Waals surface area (Å²) in [6.45, 7) is 0.643. The second-order valence-corrected chi connectivity index (χ2v) is 5.02. The van der Waals surface area contributed by atoms with Crippen molar-refractivity contribution in [1.29, 1.82) is 0 Å². The number of urea groups is 1. The van der Waals surface area contributed by atoms with Crippen LogP contribution in [0, 0.1) is 0 Å². The molecular weight excluding hydrogens is 268 g/mol. The van der Waals surface area contributed by atoms with Crippen molar-refractivity contribution in [2.75, 3.05) is 26.2 Å². The van der Waals surface area contributed by atoms with E-state index in [1.165, 1.54) is 4.90 Å². The topological polar surface area (TPSA) is 128 Å². The van der Waals surface area contributed by atoms with Crippen LogP contribution < -0.4 is 10.6 Å². The number of carbonyl (C=O) groups excluding carboxylic acids is 2. The summed E-state index contributed by atoms with van der Waals surface area (Å²) in [5.74, 6) is -0.533. The lowest BCUT2D eigenvalue weighted by Gasteiger charge is -2.36. The Balaban J connectivity index is 1.83. The molecule has 0 spiro atoms. The standard InChI is InChI=1S/C7H12N4O6S/c12-6(3-10-2-1-8-7(10)13)9-5-4-17-11(5)18(14,15)16/h5H,1-4H2,(H,8,13)(H,9,12)(H,14,15,16). The summed E-state index contributed by atoms with van der Waals surface area (Å²) in [6, 6.07) is -0.346. The minimum absolute atomic E-state index is 0.0578. The highest BCUT2D eigenvalue weighted by Crippen LogP contribution is 2.14. The van der Waals surface area contributed by atoms with Crippen molar-refractivity contribution in [3.05, 3.63) is 0 Å². The molecule has 0 aromatic carbocycles. The Bertz CT molecular complexity index is 465. The Morgan fingerprint density at radius 3 is 2.78 bits per heavy atom. The summed E-state index contributed by atoms with van der Waals surface area (Å²) in [4.78, 5) is 28.5. The molecule has 2 saturated heterocycles. The van der Waals surface area contributed by atoms with Crippen molar-refractivity contribution >= 4 is 22.2 Å². The molecule has 0 radical (unpaired) electrons. The number of hydrogen-bond acceptors (Lipinski definition) is 5. The first-order chi connectivity index (χ1) is 8.38. The van der Waals surface area contributed by atoms with Gasteiger partial charge in [-0.3, -0.25) is 14.2 Å². The number of carbonyl (C=O) groups is 2. The SMILES string of the molecule is O=C(CN1CCNC1=O)NC1CON1S(=O)(=O)O. The third-order valence-electron chi connectivity index (χ3n) is 2.45. The number of nitrogens with one attached hydrogen (secondary N) is 2. The van der Waals surface area contributed by atoms with E-state index in [1.807, 2.05) is 0 Å². The van der Waals surface area contributed by atoms with Gasteiger partial charge in [0.1, 0.15) is 19.3 Å². The third kappa shape index (κ3) is 2.69. The first-order valence-corrected chi connectivity index (χ1v) is 6.49. The van der Waals surface area contributed by atoms with Gasteiger partial charge in [-0.25, -0.2) is 4.79 Å². The molecule has 1 atom stereocenters. The summed E-state index contributed by atoms with van der Waals surface area (Å²) >= 11 is 0. The summed E-state index contributed by atoms with van der Waals surface area (Å²) < 4.78 is 30.4. The van der Waals surface area contributed by atoms with Gasteiger partial charge >= 0.3 is 16.3 Å². The highest BCUT2D eigenvalue weighted by Gasteiger charge is 2.40. The van der Waals surface area contributed by atoms with Crippen LogP contribution in [-0.2, 0) is 19.9 Å². The van der Waals surface area contributed by atoms with Crippen LogP contribution in [0.3, 0.4) is 0 Å². The molecule has 0 aliphatic carbocycles. The molecule has 0 saturated carbocycles. The van der Waals surface area contributed by atoms with Crippen molar-refractivity contribution in [2.45, 2.75) is 6.17 Å². The minimum Gasteiger partial charge on any atom is -0.336 e. The van der Waals surface area contributed by atoms with Gasteiger partial charge in [0.25, 0.3) is 0 Å². The molecule has 3 N–H and O–H groups in total. The van der Waals surface area contributed by atoms with Gasteiger partial charge in [-0.05, 0) is 4.47 Å². The molecule has 11 heteroatoms. The molecule has 3 amide bonds. The minimum atomic E-state index is -4.50. The molecule has 10 nitrogen and oxygen atoms in total. The van der Waals surface area contributed by atoms with Crippen LogP contribution in [-0.4, -0.2) is 66.7 Å². The zero-order valence-electron chi connectivity index (χ0n) is 9.20. The zero-order valence-corrected chi connectivity index (χ0v) is 10.0. The number of hydrogen-bond donors (Lipinski definition) is 3. The fourth-order valence-electron chi connectivity index (χ4n) is 1.60. The molecule has 0 aromatic heterocycles. The van der Waals surface area contributed by atoms with E-state index in [2.05, 4.69) is 15.5 Å². The summed E-state index contributed by atoms with van der Waals surface area (Å²) in [7, 11) is -4.50. The molecule has 0 bridgehead atoms. The van der Waals surface area contributed by atoms with Crippen molar-refractivity contribution in [1.82, 2.24) is 20.0 Å². The van der Waals surface area contributed by atoms with Gasteiger partial charge in [0, 0.05) is 13.1 Å². The molecule has 2 heterocycles. The lowest BCUT2D eigenvalue weighted by molar-refractivity contribution is -0.235. The Hall–Kier alpha value is -1.43. The second kappa shape index (κ2) is 4.68. The van der Waals surface area contributed by atoms with Crippen LogP contribution in [0.2, 0.25) is 0 Å². The normalized spacial score (nSPS) is 24.6. The van der Waals surface area contributed by atoms with E-state index >= 15 is 0 Å². The third-order valence-corrected chi connectivity index (χ3v) is 3.26. The molecule has 2 rings (SSSR count). The Morgan fingerprint density at radius 1 is 1.61 bits per heavy atom. The van der Waals surface area contributed by atoms with Crippen LogP contribution in [0.5, 0.6) is 0 Å². The monoisotopic (exact) mass is 280 g/mol. The molecular formula is C7H12N4O6S. The fourth-order valence-corrected chi connectivity index (χ4v) is 2.23. The molecule has 0 aromatic rings. The average molecular weight is 280 g/mol. The van der Waals surface area contributed by atoms with E-state index in [-0.39, 0.29) is 23.7 Å². The maximum Gasteiger partial charge on any atom is 0.360 e. The Labute approximate surface area is 103 Å². The smallest absolute Gasteiger partial charge is 0.336 e. The predicted octanol–water partition coefficient (Wildman–Crippen LogP) is -2.50. The van der Waals surface area contributed by atoms with Crippen molar-refractivity contribution in [2.24, 2.45) is 0 Å². The first-order valence-electron chi connectivity index (χ1n) is 5.10. The Morgan fingerprint density at radius 2 is 2.33 bits per heavy atom. The van der Waals surface area contributed by atoms with Gasteiger partial charge in [-0.2, -0.15) is 8.42 Å². The molecule has 1 unspecified atom stereocenters. The second-order valence-electron chi connectivity index (χ2n) is 3.77. The summed E-state index contributed by atoms with van der Waals surface area (Å²) in [5.41, 5.74) is 0. The zero-order chi connectivity index (χ0) is 13.3. The van der Waals surface area contributed by atoms with Crippen LogP contribution in [0.25, 0.3) is 0 Å². The number of nitrogens with zero attached hydrogens (tertiary/aromatic N) is 2. The van der Waals surface area contributed by atoms with Gasteiger partial charge in [0.05, 0.1) is 0 Å². The van der Waals surface area contributed by atoms with Gasteiger partial charge in [0.15, 0.2) is 0 Å². The maximum absolute atomic E-state index is 11.5. The van der Waals surface area contributed by atoms with Crippen molar-refractivity contribution < 1.29 is 27.4 Å². The highest BCUT2D eigenvalue weighted by atomic mass is 32.2. The van der Waals surface area contributed by atoms with E-state index in [1.54, 1.807) is 0 Å². The highest BCUT2D eigenvalue weighted by molar-refractivity contribution is 7.83. The molecule has 102 valence electrons. The molecule has 2 aliphatic heterocycles. The molecule has 2 aliphatic rings. The molecule has 2 fully saturated rings. The fraction of sp³-hybridized carbons (Fsp3) is 0.714. The van der Waals surface area contributed by atoms with Crippen LogP contribution in [0.4, 0.5) is 4.79 Å². The lowest BCUT2D eigenvalue weighted by atomic mass is 10.4. The van der Waals surface area contributed by atoms with E-state index < -0.39 is 22.4 Å². The average Bonchev–Trinajstić information content (AvgIpc) is 2.57. The van der Waals surface area contributed by atoms with Gasteiger partial charge in [0.2, 0.25) is 5.91 Å². The quantitative estimate of drug-likeness (QED) is 0.488. The van der Waals surface area contributed by atoms with Crippen LogP contribution in [0.1, 0.15) is 0 Å². The summed E-state index contributed by atoms with van der Waals surface area (Å²) in [6.07, 6.45) is -0.946. The number of rotatable bonds is 4. The molecule has 18 heavy (non-hydrogen) atoms.